The van der Waals surface area contributed by atoms with Crippen molar-refractivity contribution in [3.05, 3.63) is 59.1 Å². The molecule has 6 heteroatoms. The minimum atomic E-state index is -0.0854. The quantitative estimate of drug-likeness (QED) is 0.780. The fraction of sp³-hybridized carbons (Fsp3) is 0.409. The van der Waals surface area contributed by atoms with E-state index >= 15 is 0 Å². The lowest BCUT2D eigenvalue weighted by molar-refractivity contribution is -0.120. The Hall–Kier alpha value is -1.69. The van der Waals surface area contributed by atoms with Gasteiger partial charge in [-0.1, -0.05) is 41.9 Å². The molecule has 1 unspecified atom stereocenters. The number of nitrogens with one attached hydrogen (secondary N) is 1. The maximum atomic E-state index is 12.9. The summed E-state index contributed by atoms with van der Waals surface area (Å²) in [5.74, 6) is 2.33. The van der Waals surface area contributed by atoms with Gasteiger partial charge in [-0.25, -0.2) is 0 Å². The van der Waals surface area contributed by atoms with Crippen molar-refractivity contribution in [1.29, 1.82) is 0 Å². The summed E-state index contributed by atoms with van der Waals surface area (Å²) < 4.78 is 0. The van der Waals surface area contributed by atoms with Crippen LogP contribution < -0.4 is 10.2 Å². The minimum absolute atomic E-state index is 0.0617. The highest BCUT2D eigenvalue weighted by Crippen LogP contribution is 2.31. The molecule has 2 aromatic carbocycles. The number of anilines is 2. The molecule has 2 heterocycles. The molecule has 2 aromatic rings. The summed E-state index contributed by atoms with van der Waals surface area (Å²) in [4.78, 5) is 17.5. The third kappa shape index (κ3) is 4.65. The van der Waals surface area contributed by atoms with Crippen LogP contribution in [0.25, 0.3) is 0 Å². The maximum Gasteiger partial charge on any atom is 0.241 e. The van der Waals surface area contributed by atoms with Gasteiger partial charge < -0.3 is 10.2 Å². The van der Waals surface area contributed by atoms with Gasteiger partial charge in [0.2, 0.25) is 5.91 Å². The van der Waals surface area contributed by atoms with E-state index in [1.54, 1.807) is 0 Å². The molecule has 0 radical (unpaired) electrons. The highest BCUT2D eigenvalue weighted by Gasteiger charge is 2.30. The van der Waals surface area contributed by atoms with Crippen LogP contribution >= 0.6 is 23.4 Å². The van der Waals surface area contributed by atoms with Crippen LogP contribution in [0.15, 0.2) is 48.5 Å². The molecule has 0 bridgehead atoms. The molecule has 2 fully saturated rings. The molecular formula is C22H26ClN3OS. The van der Waals surface area contributed by atoms with E-state index < -0.39 is 0 Å². The molecular weight excluding hydrogens is 390 g/mol. The molecule has 1 N–H and O–H groups in total. The summed E-state index contributed by atoms with van der Waals surface area (Å²) in [6.45, 7) is 3.81. The fourth-order valence-electron chi connectivity index (χ4n) is 4.00. The van der Waals surface area contributed by atoms with Crippen molar-refractivity contribution < 1.29 is 4.79 Å². The Morgan fingerprint density at radius 2 is 1.89 bits per heavy atom. The van der Waals surface area contributed by atoms with Gasteiger partial charge in [0.15, 0.2) is 0 Å². The average Bonchev–Trinajstić information content (AvgIpc) is 3.18. The van der Waals surface area contributed by atoms with Gasteiger partial charge in [-0.2, -0.15) is 11.8 Å². The zero-order valence-corrected chi connectivity index (χ0v) is 17.5. The first-order valence-electron chi connectivity index (χ1n) is 9.92. The molecule has 0 saturated carbocycles. The number of nitrogens with zero attached hydrogens (tertiary/aromatic N) is 2. The number of thioether (sulfide) groups is 1. The Morgan fingerprint density at radius 1 is 1.11 bits per heavy atom. The Kier molecular flexibility index (Phi) is 6.45. The third-order valence-corrected chi connectivity index (χ3v) is 6.71. The number of hydrogen-bond acceptors (Lipinski definition) is 4. The van der Waals surface area contributed by atoms with E-state index in [-0.39, 0.29) is 11.9 Å². The standard InChI is InChI=1S/C22H26ClN3OS/c23-19-15-18(8-9-20(19)25-11-13-28-14-12-25)24-22(27)21-7-4-10-26(21)16-17-5-2-1-3-6-17/h1-3,5-6,8-9,15,21H,4,7,10-14,16H2,(H,24,27). The van der Waals surface area contributed by atoms with Crippen molar-refractivity contribution in [2.24, 2.45) is 0 Å². The van der Waals surface area contributed by atoms with Crippen LogP contribution in [0, 0.1) is 0 Å². The van der Waals surface area contributed by atoms with Gasteiger partial charge in [0.1, 0.15) is 0 Å². The predicted octanol–water partition coefficient (Wildman–Crippen LogP) is 4.50. The first-order chi connectivity index (χ1) is 13.7. The molecule has 0 spiro atoms. The van der Waals surface area contributed by atoms with E-state index in [4.69, 9.17) is 11.6 Å². The van der Waals surface area contributed by atoms with E-state index in [2.05, 4.69) is 27.2 Å². The second-order valence-corrected chi connectivity index (χ2v) is 9.00. The Morgan fingerprint density at radius 3 is 2.64 bits per heavy atom. The first kappa shape index (κ1) is 19.6. The van der Waals surface area contributed by atoms with Crippen molar-refractivity contribution >= 4 is 40.6 Å². The van der Waals surface area contributed by atoms with Crippen LogP contribution in [-0.4, -0.2) is 48.0 Å². The lowest BCUT2D eigenvalue weighted by atomic mass is 10.1. The smallest absolute Gasteiger partial charge is 0.241 e. The Bertz CT molecular complexity index is 811. The molecule has 1 atom stereocenters. The molecule has 2 aliphatic heterocycles. The molecule has 28 heavy (non-hydrogen) atoms. The van der Waals surface area contributed by atoms with Gasteiger partial charge >= 0.3 is 0 Å². The number of likely N-dealkylation sites (tertiary alicyclic amines) is 1. The van der Waals surface area contributed by atoms with Gasteiger partial charge in [-0.05, 0) is 43.1 Å². The van der Waals surface area contributed by atoms with Crippen LogP contribution in [0.1, 0.15) is 18.4 Å². The summed E-state index contributed by atoms with van der Waals surface area (Å²) in [7, 11) is 0. The fourth-order valence-corrected chi connectivity index (χ4v) is 5.20. The number of rotatable bonds is 5. The highest BCUT2D eigenvalue weighted by atomic mass is 35.5. The number of amides is 1. The van der Waals surface area contributed by atoms with Crippen molar-refractivity contribution in [2.45, 2.75) is 25.4 Å². The van der Waals surface area contributed by atoms with Gasteiger partial charge in [-0.3, -0.25) is 9.69 Å². The zero-order valence-electron chi connectivity index (χ0n) is 15.9. The Labute approximate surface area is 176 Å². The lowest BCUT2D eigenvalue weighted by Crippen LogP contribution is -2.39. The summed E-state index contributed by atoms with van der Waals surface area (Å²) in [6, 6.07) is 16.1. The predicted molar refractivity (Wildman–Crippen MR) is 119 cm³/mol. The second-order valence-electron chi connectivity index (χ2n) is 7.37. The third-order valence-electron chi connectivity index (χ3n) is 5.46. The topological polar surface area (TPSA) is 35.6 Å². The zero-order chi connectivity index (χ0) is 19.3. The largest absolute Gasteiger partial charge is 0.369 e. The molecule has 148 valence electrons. The molecule has 4 nitrogen and oxygen atoms in total. The Balaban J connectivity index is 1.40. The van der Waals surface area contributed by atoms with Crippen LogP contribution in [0.4, 0.5) is 11.4 Å². The molecule has 1 amide bonds. The van der Waals surface area contributed by atoms with E-state index in [9.17, 15) is 4.79 Å². The normalized spacial score (nSPS) is 20.3. The van der Waals surface area contributed by atoms with E-state index in [0.29, 0.717) is 5.02 Å². The number of carbonyl (C=O) groups is 1. The van der Waals surface area contributed by atoms with Crippen LogP contribution in [-0.2, 0) is 11.3 Å². The van der Waals surface area contributed by atoms with Crippen LogP contribution in [0.3, 0.4) is 0 Å². The van der Waals surface area contributed by atoms with E-state index in [0.717, 1.165) is 61.9 Å². The van der Waals surface area contributed by atoms with Crippen LogP contribution in [0.2, 0.25) is 5.02 Å². The first-order valence-corrected chi connectivity index (χ1v) is 11.4. The monoisotopic (exact) mass is 415 g/mol. The van der Waals surface area contributed by atoms with Crippen molar-refractivity contribution in [3.8, 4) is 0 Å². The van der Waals surface area contributed by atoms with Crippen molar-refractivity contribution in [2.75, 3.05) is 41.4 Å². The van der Waals surface area contributed by atoms with Gasteiger partial charge in [0, 0.05) is 36.8 Å². The number of halogens is 1. The number of hydrogen-bond donors (Lipinski definition) is 1. The minimum Gasteiger partial charge on any atom is -0.369 e. The molecule has 4 rings (SSSR count). The van der Waals surface area contributed by atoms with Crippen molar-refractivity contribution in [3.63, 3.8) is 0 Å². The van der Waals surface area contributed by atoms with E-state index in [1.807, 2.05) is 48.2 Å². The average molecular weight is 416 g/mol. The summed E-state index contributed by atoms with van der Waals surface area (Å²) in [5, 5.41) is 3.79. The number of carbonyl (C=O) groups excluding carboxylic acids is 1. The van der Waals surface area contributed by atoms with Gasteiger partial charge in [0.05, 0.1) is 16.8 Å². The highest BCUT2D eigenvalue weighted by molar-refractivity contribution is 7.99. The van der Waals surface area contributed by atoms with Crippen LogP contribution in [0.5, 0.6) is 0 Å². The molecule has 2 aliphatic rings. The number of benzene rings is 2. The molecule has 2 saturated heterocycles. The summed E-state index contributed by atoms with van der Waals surface area (Å²) in [5.41, 5.74) is 3.08. The SMILES string of the molecule is O=C(Nc1ccc(N2CCSCC2)c(Cl)c1)C1CCCN1Cc1ccccc1. The summed E-state index contributed by atoms with van der Waals surface area (Å²) >= 11 is 8.51. The lowest BCUT2D eigenvalue weighted by Gasteiger charge is -2.29. The van der Waals surface area contributed by atoms with Crippen molar-refractivity contribution in [1.82, 2.24) is 4.90 Å². The van der Waals surface area contributed by atoms with E-state index in [1.165, 1.54) is 5.56 Å². The molecule has 0 aliphatic carbocycles. The van der Waals surface area contributed by atoms with Gasteiger partial charge in [0.25, 0.3) is 0 Å². The van der Waals surface area contributed by atoms with Gasteiger partial charge in [-0.15, -0.1) is 0 Å². The molecule has 0 aromatic heterocycles. The maximum absolute atomic E-state index is 12.9. The second kappa shape index (κ2) is 9.21. The summed E-state index contributed by atoms with van der Waals surface area (Å²) in [6.07, 6.45) is 1.95.